The summed E-state index contributed by atoms with van der Waals surface area (Å²) in [5, 5.41) is 0. The van der Waals surface area contributed by atoms with E-state index in [-0.39, 0.29) is 5.92 Å². The van der Waals surface area contributed by atoms with Gasteiger partial charge in [0.25, 0.3) is 0 Å². The Hall–Kier alpha value is -2.40. The van der Waals surface area contributed by atoms with Gasteiger partial charge in [0, 0.05) is 17.7 Å². The first-order valence-corrected chi connectivity index (χ1v) is 8.26. The average Bonchev–Trinajstić information content (AvgIpc) is 2.92. The zero-order valence-corrected chi connectivity index (χ0v) is 15.1. The van der Waals surface area contributed by atoms with Crippen LogP contribution in [0, 0.1) is 13.8 Å². The van der Waals surface area contributed by atoms with Crippen LogP contribution < -0.4 is 10.5 Å². The van der Waals surface area contributed by atoms with Gasteiger partial charge in [0.05, 0.1) is 23.5 Å². The van der Waals surface area contributed by atoms with Crippen LogP contribution in [-0.2, 0) is 0 Å². The number of aromatic nitrogens is 2. The van der Waals surface area contributed by atoms with Crippen LogP contribution in [0.2, 0.25) is 0 Å². The number of benzene rings is 1. The summed E-state index contributed by atoms with van der Waals surface area (Å²) in [7, 11) is 1.68. The molecule has 2 N–H and O–H groups in total. The predicted molar refractivity (Wildman–Crippen MR) is 102 cm³/mol. The minimum Gasteiger partial charge on any atom is -0.496 e. The standard InChI is InChI=1S/C19H21N3OS/c1-11-7-8-22-16(9-11)21-17(18(22)13(3)19(20)24)14-5-6-15(23-4)12(2)10-14/h5-10,13H,1-4H3,(H2,20,24). The number of imidazole rings is 1. The number of pyridine rings is 1. The van der Waals surface area contributed by atoms with Crippen LogP contribution in [0.3, 0.4) is 0 Å². The van der Waals surface area contributed by atoms with Crippen LogP contribution in [0.5, 0.6) is 5.75 Å². The smallest absolute Gasteiger partial charge is 0.137 e. The van der Waals surface area contributed by atoms with E-state index in [0.29, 0.717) is 4.99 Å². The molecule has 3 aromatic rings. The molecule has 0 aliphatic rings. The molecular formula is C19H21N3OS. The van der Waals surface area contributed by atoms with E-state index in [1.165, 1.54) is 5.56 Å². The monoisotopic (exact) mass is 339 g/mol. The molecule has 0 fully saturated rings. The molecule has 1 atom stereocenters. The van der Waals surface area contributed by atoms with Crippen molar-refractivity contribution in [1.82, 2.24) is 9.38 Å². The molecule has 4 nitrogen and oxygen atoms in total. The van der Waals surface area contributed by atoms with E-state index in [4.69, 9.17) is 27.7 Å². The highest BCUT2D eigenvalue weighted by Gasteiger charge is 2.21. The second-order valence-electron chi connectivity index (χ2n) is 6.09. The Bertz CT molecular complexity index is 930. The largest absolute Gasteiger partial charge is 0.496 e. The Labute approximate surface area is 147 Å². The Morgan fingerprint density at radius 1 is 1.25 bits per heavy atom. The molecule has 0 saturated carbocycles. The first kappa shape index (κ1) is 16.5. The molecule has 0 bridgehead atoms. The summed E-state index contributed by atoms with van der Waals surface area (Å²) in [6, 6.07) is 10.2. The third kappa shape index (κ3) is 2.76. The fourth-order valence-electron chi connectivity index (χ4n) is 2.95. The average molecular weight is 339 g/mol. The number of nitrogens with zero attached hydrogens (tertiary/aromatic N) is 2. The number of aryl methyl sites for hydroxylation is 2. The van der Waals surface area contributed by atoms with E-state index in [1.807, 2.05) is 32.2 Å². The van der Waals surface area contributed by atoms with Gasteiger partial charge in [-0.25, -0.2) is 4.98 Å². The molecule has 3 rings (SSSR count). The zero-order valence-electron chi connectivity index (χ0n) is 14.3. The Balaban J connectivity index is 2.28. The quantitative estimate of drug-likeness (QED) is 0.730. The molecule has 1 unspecified atom stereocenters. The van der Waals surface area contributed by atoms with Crippen molar-refractivity contribution in [3.63, 3.8) is 0 Å². The fraction of sp³-hybridized carbons (Fsp3) is 0.263. The van der Waals surface area contributed by atoms with Crippen molar-refractivity contribution in [2.45, 2.75) is 26.7 Å². The van der Waals surface area contributed by atoms with Crippen LogP contribution in [0.1, 0.15) is 29.7 Å². The molecule has 1 aromatic carbocycles. The van der Waals surface area contributed by atoms with E-state index >= 15 is 0 Å². The van der Waals surface area contributed by atoms with Gasteiger partial charge in [0.15, 0.2) is 0 Å². The van der Waals surface area contributed by atoms with Gasteiger partial charge in [-0.1, -0.05) is 19.1 Å². The Morgan fingerprint density at radius 3 is 2.62 bits per heavy atom. The second-order valence-corrected chi connectivity index (χ2v) is 6.56. The van der Waals surface area contributed by atoms with Crippen LogP contribution in [-0.4, -0.2) is 21.5 Å². The van der Waals surface area contributed by atoms with Crippen LogP contribution in [0.4, 0.5) is 0 Å². The highest BCUT2D eigenvalue weighted by atomic mass is 32.1. The SMILES string of the molecule is COc1ccc(-c2nc3cc(C)ccn3c2C(C)C(N)=S)cc1C. The lowest BCUT2D eigenvalue weighted by molar-refractivity contribution is 0.412. The van der Waals surface area contributed by atoms with Gasteiger partial charge in [0.1, 0.15) is 11.4 Å². The van der Waals surface area contributed by atoms with Crippen molar-refractivity contribution in [3.05, 3.63) is 53.3 Å². The topological polar surface area (TPSA) is 52.5 Å². The number of rotatable bonds is 4. The Kier molecular flexibility index (Phi) is 4.28. The number of nitrogens with two attached hydrogens (primary N) is 1. The van der Waals surface area contributed by atoms with Gasteiger partial charge in [-0.05, 0) is 55.3 Å². The van der Waals surface area contributed by atoms with Gasteiger partial charge in [-0.3, -0.25) is 0 Å². The maximum Gasteiger partial charge on any atom is 0.137 e. The van der Waals surface area contributed by atoms with Crippen LogP contribution >= 0.6 is 12.2 Å². The molecule has 0 aliphatic carbocycles. The maximum absolute atomic E-state index is 5.94. The summed E-state index contributed by atoms with van der Waals surface area (Å²) in [5.74, 6) is 0.789. The van der Waals surface area contributed by atoms with Crippen LogP contribution in [0.25, 0.3) is 16.9 Å². The Morgan fingerprint density at radius 2 is 2.00 bits per heavy atom. The van der Waals surface area contributed by atoms with Gasteiger partial charge < -0.3 is 14.9 Å². The van der Waals surface area contributed by atoms with Gasteiger partial charge in [0.2, 0.25) is 0 Å². The molecule has 0 saturated heterocycles. The molecule has 5 heteroatoms. The third-order valence-corrected chi connectivity index (χ3v) is 4.68. The third-order valence-electron chi connectivity index (χ3n) is 4.32. The zero-order chi connectivity index (χ0) is 17.4. The second kappa shape index (κ2) is 6.24. The van der Waals surface area contributed by atoms with Crippen molar-refractivity contribution in [3.8, 4) is 17.0 Å². The lowest BCUT2D eigenvalue weighted by Crippen LogP contribution is -2.18. The molecular weight excluding hydrogens is 318 g/mol. The van der Waals surface area contributed by atoms with Crippen molar-refractivity contribution in [2.24, 2.45) is 5.73 Å². The van der Waals surface area contributed by atoms with Gasteiger partial charge in [-0.15, -0.1) is 0 Å². The minimum absolute atomic E-state index is 0.0740. The molecule has 24 heavy (non-hydrogen) atoms. The summed E-state index contributed by atoms with van der Waals surface area (Å²) in [4.78, 5) is 5.31. The van der Waals surface area contributed by atoms with E-state index < -0.39 is 0 Å². The molecule has 0 spiro atoms. The van der Waals surface area contributed by atoms with Gasteiger partial charge in [-0.2, -0.15) is 0 Å². The van der Waals surface area contributed by atoms with E-state index in [2.05, 4.69) is 29.5 Å². The lowest BCUT2D eigenvalue weighted by Gasteiger charge is -2.13. The lowest BCUT2D eigenvalue weighted by atomic mass is 10.00. The molecule has 0 aliphatic heterocycles. The van der Waals surface area contributed by atoms with Crippen molar-refractivity contribution < 1.29 is 4.74 Å². The molecule has 124 valence electrons. The summed E-state index contributed by atoms with van der Waals surface area (Å²) in [6.45, 7) is 6.10. The van der Waals surface area contributed by atoms with Crippen molar-refractivity contribution in [2.75, 3.05) is 7.11 Å². The summed E-state index contributed by atoms with van der Waals surface area (Å²) >= 11 is 5.25. The summed E-state index contributed by atoms with van der Waals surface area (Å²) in [5.41, 5.74) is 12.0. The van der Waals surface area contributed by atoms with E-state index in [9.17, 15) is 0 Å². The number of thiocarbonyl (C=S) groups is 1. The highest BCUT2D eigenvalue weighted by molar-refractivity contribution is 7.80. The molecule has 0 amide bonds. The normalized spacial score (nSPS) is 12.3. The van der Waals surface area contributed by atoms with E-state index in [1.54, 1.807) is 7.11 Å². The summed E-state index contributed by atoms with van der Waals surface area (Å²) < 4.78 is 7.44. The summed E-state index contributed by atoms with van der Waals surface area (Å²) in [6.07, 6.45) is 2.03. The molecule has 0 radical (unpaired) electrons. The predicted octanol–water partition coefficient (Wildman–Crippen LogP) is 4.02. The van der Waals surface area contributed by atoms with Crippen molar-refractivity contribution in [1.29, 1.82) is 0 Å². The fourth-order valence-corrected chi connectivity index (χ4v) is 3.06. The molecule has 2 heterocycles. The number of hydrogen-bond donors (Lipinski definition) is 1. The first-order chi connectivity index (χ1) is 11.4. The molecule has 2 aromatic heterocycles. The number of methoxy groups -OCH3 is 1. The first-order valence-electron chi connectivity index (χ1n) is 7.85. The van der Waals surface area contributed by atoms with Crippen molar-refractivity contribution >= 4 is 22.9 Å². The number of hydrogen-bond acceptors (Lipinski definition) is 3. The number of fused-ring (bicyclic) bond motifs is 1. The maximum atomic E-state index is 5.94. The van der Waals surface area contributed by atoms with Gasteiger partial charge >= 0.3 is 0 Å². The minimum atomic E-state index is -0.0740. The number of ether oxygens (including phenoxy) is 1. The van der Waals surface area contributed by atoms with Crippen LogP contribution in [0.15, 0.2) is 36.5 Å². The highest BCUT2D eigenvalue weighted by Crippen LogP contribution is 2.33. The van der Waals surface area contributed by atoms with E-state index in [0.717, 1.165) is 33.9 Å².